The summed E-state index contributed by atoms with van der Waals surface area (Å²) in [6.45, 7) is 7.62. The first-order valence-corrected chi connectivity index (χ1v) is 6.48. The lowest BCUT2D eigenvalue weighted by molar-refractivity contribution is -0.145. The quantitative estimate of drug-likeness (QED) is 0.717. The molecule has 0 bridgehead atoms. The van der Waals surface area contributed by atoms with Crippen LogP contribution in [0.2, 0.25) is 0 Å². The number of carbonyl (C=O) groups excluding carboxylic acids is 1. The topological polar surface area (TPSA) is 29.5 Å². The largest absolute Gasteiger partial charge is 0.465 e. The van der Waals surface area contributed by atoms with E-state index >= 15 is 0 Å². The molecule has 0 N–H and O–H groups in total. The number of carbonyl (C=O) groups is 1. The van der Waals surface area contributed by atoms with Crippen LogP contribution in [-0.2, 0) is 16.1 Å². The van der Waals surface area contributed by atoms with Crippen LogP contribution in [0.15, 0.2) is 16.8 Å². The predicted octanol–water partition coefficient (Wildman–Crippen LogP) is 2.52. The highest BCUT2D eigenvalue weighted by atomic mass is 32.1. The monoisotopic (exact) mass is 241 g/mol. The van der Waals surface area contributed by atoms with Gasteiger partial charge in [-0.25, -0.2) is 0 Å². The molecule has 0 saturated heterocycles. The van der Waals surface area contributed by atoms with Gasteiger partial charge in [0, 0.05) is 12.6 Å². The molecule has 0 aliphatic carbocycles. The van der Waals surface area contributed by atoms with E-state index in [1.54, 1.807) is 11.3 Å². The second-order valence-corrected chi connectivity index (χ2v) is 4.72. The summed E-state index contributed by atoms with van der Waals surface area (Å²) in [4.78, 5) is 13.5. The van der Waals surface area contributed by atoms with Gasteiger partial charge in [0.05, 0.1) is 13.2 Å². The van der Waals surface area contributed by atoms with E-state index in [1.165, 1.54) is 5.56 Å². The first-order chi connectivity index (χ1) is 7.63. The smallest absolute Gasteiger partial charge is 0.320 e. The Morgan fingerprint density at radius 3 is 2.81 bits per heavy atom. The lowest BCUT2D eigenvalue weighted by Crippen LogP contribution is -2.35. The second-order valence-electron chi connectivity index (χ2n) is 3.94. The molecule has 4 heteroatoms. The normalized spacial score (nSPS) is 11.1. The Labute approximate surface area is 101 Å². The molecule has 16 heavy (non-hydrogen) atoms. The number of esters is 1. The third-order valence-electron chi connectivity index (χ3n) is 2.33. The van der Waals surface area contributed by atoms with Crippen molar-refractivity contribution in [1.82, 2.24) is 4.90 Å². The summed E-state index contributed by atoms with van der Waals surface area (Å²) in [6.07, 6.45) is 0. The van der Waals surface area contributed by atoms with Crippen molar-refractivity contribution in [1.29, 1.82) is 0 Å². The highest BCUT2D eigenvalue weighted by molar-refractivity contribution is 7.07. The molecule has 0 aliphatic rings. The van der Waals surface area contributed by atoms with E-state index in [-0.39, 0.29) is 5.97 Å². The number of hydrogen-bond donors (Lipinski definition) is 0. The van der Waals surface area contributed by atoms with E-state index in [4.69, 9.17) is 4.74 Å². The standard InChI is InChI=1S/C12H19NO2S/c1-4-15-12(14)8-13(10(2)3)7-11-5-6-16-9-11/h5-6,9-10H,4,7-8H2,1-3H3. The molecule has 0 spiro atoms. The van der Waals surface area contributed by atoms with Crippen molar-refractivity contribution in [3.8, 4) is 0 Å². The minimum absolute atomic E-state index is 0.147. The molecule has 1 rings (SSSR count). The van der Waals surface area contributed by atoms with Crippen molar-refractivity contribution in [2.75, 3.05) is 13.2 Å². The fraction of sp³-hybridized carbons (Fsp3) is 0.583. The molecule has 90 valence electrons. The average molecular weight is 241 g/mol. The molecule has 1 aromatic rings. The Hall–Kier alpha value is -0.870. The Bertz CT molecular complexity index is 309. The first kappa shape index (κ1) is 13.2. The lowest BCUT2D eigenvalue weighted by Gasteiger charge is -2.24. The Balaban J connectivity index is 2.51. The number of rotatable bonds is 6. The molecule has 1 heterocycles. The van der Waals surface area contributed by atoms with Gasteiger partial charge in [0.1, 0.15) is 0 Å². The van der Waals surface area contributed by atoms with Crippen molar-refractivity contribution in [2.45, 2.75) is 33.4 Å². The van der Waals surface area contributed by atoms with E-state index in [0.29, 0.717) is 19.2 Å². The van der Waals surface area contributed by atoms with E-state index in [0.717, 1.165) is 6.54 Å². The first-order valence-electron chi connectivity index (χ1n) is 5.54. The maximum Gasteiger partial charge on any atom is 0.320 e. The molecule has 0 fully saturated rings. The molecular weight excluding hydrogens is 222 g/mol. The molecule has 0 saturated carbocycles. The second kappa shape index (κ2) is 6.66. The van der Waals surface area contributed by atoms with E-state index < -0.39 is 0 Å². The summed E-state index contributed by atoms with van der Waals surface area (Å²) < 4.78 is 4.96. The maximum absolute atomic E-state index is 11.4. The maximum atomic E-state index is 11.4. The van der Waals surface area contributed by atoms with Crippen LogP contribution in [0.25, 0.3) is 0 Å². The number of thiophene rings is 1. The average Bonchev–Trinajstić information content (AvgIpc) is 2.69. The Kier molecular flexibility index (Phi) is 5.49. The Morgan fingerprint density at radius 2 is 2.31 bits per heavy atom. The van der Waals surface area contributed by atoms with Crippen LogP contribution in [0.3, 0.4) is 0 Å². The highest BCUT2D eigenvalue weighted by Crippen LogP contribution is 2.11. The molecule has 0 aromatic carbocycles. The van der Waals surface area contributed by atoms with Gasteiger partial charge in [-0.3, -0.25) is 9.69 Å². The van der Waals surface area contributed by atoms with Gasteiger partial charge in [0.25, 0.3) is 0 Å². The molecular formula is C12H19NO2S. The zero-order valence-electron chi connectivity index (χ0n) is 10.1. The van der Waals surface area contributed by atoms with Crippen LogP contribution in [0.5, 0.6) is 0 Å². The van der Waals surface area contributed by atoms with Crippen LogP contribution < -0.4 is 0 Å². The van der Waals surface area contributed by atoms with Gasteiger partial charge in [0.15, 0.2) is 0 Å². The SMILES string of the molecule is CCOC(=O)CN(Cc1ccsc1)C(C)C. The zero-order valence-corrected chi connectivity index (χ0v) is 10.9. The van der Waals surface area contributed by atoms with Crippen LogP contribution in [-0.4, -0.2) is 30.1 Å². The minimum Gasteiger partial charge on any atom is -0.465 e. The summed E-state index contributed by atoms with van der Waals surface area (Å²) in [5.41, 5.74) is 1.25. The molecule has 1 aromatic heterocycles. The van der Waals surface area contributed by atoms with Gasteiger partial charge in [-0.15, -0.1) is 0 Å². The zero-order chi connectivity index (χ0) is 12.0. The summed E-state index contributed by atoms with van der Waals surface area (Å²) in [7, 11) is 0. The van der Waals surface area contributed by atoms with Crippen LogP contribution in [0.1, 0.15) is 26.3 Å². The molecule has 0 unspecified atom stereocenters. The van der Waals surface area contributed by atoms with Gasteiger partial charge in [-0.05, 0) is 43.2 Å². The van der Waals surface area contributed by atoms with E-state index in [2.05, 4.69) is 35.6 Å². The summed E-state index contributed by atoms with van der Waals surface area (Å²) in [5, 5.41) is 4.17. The van der Waals surface area contributed by atoms with Crippen molar-refractivity contribution >= 4 is 17.3 Å². The minimum atomic E-state index is -0.147. The fourth-order valence-electron chi connectivity index (χ4n) is 1.41. The third-order valence-corrected chi connectivity index (χ3v) is 3.07. The van der Waals surface area contributed by atoms with E-state index in [1.807, 2.05) is 6.92 Å². The fourth-order valence-corrected chi connectivity index (χ4v) is 2.07. The number of nitrogens with zero attached hydrogens (tertiary/aromatic N) is 1. The summed E-state index contributed by atoms with van der Waals surface area (Å²) in [6, 6.07) is 2.43. The van der Waals surface area contributed by atoms with Crippen LogP contribution in [0.4, 0.5) is 0 Å². The summed E-state index contributed by atoms with van der Waals surface area (Å²) in [5.74, 6) is -0.147. The van der Waals surface area contributed by atoms with Gasteiger partial charge in [-0.2, -0.15) is 11.3 Å². The van der Waals surface area contributed by atoms with E-state index in [9.17, 15) is 4.79 Å². The lowest BCUT2D eigenvalue weighted by atomic mass is 10.2. The highest BCUT2D eigenvalue weighted by Gasteiger charge is 2.15. The van der Waals surface area contributed by atoms with Crippen molar-refractivity contribution in [2.24, 2.45) is 0 Å². The number of hydrogen-bond acceptors (Lipinski definition) is 4. The van der Waals surface area contributed by atoms with Gasteiger partial charge < -0.3 is 4.74 Å². The molecule has 3 nitrogen and oxygen atoms in total. The molecule has 0 amide bonds. The van der Waals surface area contributed by atoms with Crippen LogP contribution >= 0.6 is 11.3 Å². The third kappa shape index (κ3) is 4.33. The van der Waals surface area contributed by atoms with Crippen molar-refractivity contribution < 1.29 is 9.53 Å². The van der Waals surface area contributed by atoms with Crippen molar-refractivity contribution in [3.05, 3.63) is 22.4 Å². The van der Waals surface area contributed by atoms with Gasteiger partial charge >= 0.3 is 5.97 Å². The molecule has 0 atom stereocenters. The molecule has 0 radical (unpaired) electrons. The van der Waals surface area contributed by atoms with Crippen molar-refractivity contribution in [3.63, 3.8) is 0 Å². The van der Waals surface area contributed by atoms with Gasteiger partial charge in [-0.1, -0.05) is 0 Å². The summed E-state index contributed by atoms with van der Waals surface area (Å²) >= 11 is 1.68. The number of ether oxygens (including phenoxy) is 1. The predicted molar refractivity (Wildman–Crippen MR) is 66.5 cm³/mol. The van der Waals surface area contributed by atoms with Crippen LogP contribution in [0, 0.1) is 0 Å². The molecule has 0 aliphatic heterocycles. The Morgan fingerprint density at radius 1 is 1.56 bits per heavy atom. The van der Waals surface area contributed by atoms with Gasteiger partial charge in [0.2, 0.25) is 0 Å².